The van der Waals surface area contributed by atoms with Crippen molar-refractivity contribution in [2.45, 2.75) is 51.7 Å². The van der Waals surface area contributed by atoms with Crippen LogP contribution in [0.25, 0.3) is 0 Å². The minimum absolute atomic E-state index is 0.211. The lowest BCUT2D eigenvalue weighted by molar-refractivity contribution is 0.0574. The molecule has 0 aliphatic heterocycles. The first-order valence-electron chi connectivity index (χ1n) is 8.66. The molecule has 23 heavy (non-hydrogen) atoms. The summed E-state index contributed by atoms with van der Waals surface area (Å²) in [5, 5.41) is 6.45. The maximum atomic E-state index is 13.6. The van der Waals surface area contributed by atoms with E-state index in [9.17, 15) is 4.39 Å². The monoisotopic (exact) mass is 321 g/mol. The van der Waals surface area contributed by atoms with E-state index in [4.69, 9.17) is 4.74 Å². The topological polar surface area (TPSA) is 45.7 Å². The highest BCUT2D eigenvalue weighted by molar-refractivity contribution is 5.79. The highest BCUT2D eigenvalue weighted by Gasteiger charge is 2.14. The van der Waals surface area contributed by atoms with E-state index in [0.717, 1.165) is 32.1 Å². The third-order valence-corrected chi connectivity index (χ3v) is 3.98. The molecule has 0 atom stereocenters. The standard InChI is InChI=1S/C18H28FN3O/c1-2-20-18(22-14-15-8-3-6-11-17(15)19)21-12-7-13-23-16-9-4-5-10-16/h3,6,8,11,16H,2,4-5,7,9-10,12-14H2,1H3,(H2,20,21,22). The second kappa shape index (κ2) is 10.2. The number of ether oxygens (including phenoxy) is 1. The number of hydrogen-bond acceptors (Lipinski definition) is 2. The van der Waals surface area contributed by atoms with Crippen molar-refractivity contribution >= 4 is 5.96 Å². The van der Waals surface area contributed by atoms with Crippen molar-refractivity contribution in [1.82, 2.24) is 10.6 Å². The molecule has 0 unspecified atom stereocenters. The minimum atomic E-state index is -0.211. The normalized spacial score (nSPS) is 15.8. The third kappa shape index (κ3) is 6.57. The van der Waals surface area contributed by atoms with E-state index >= 15 is 0 Å². The van der Waals surface area contributed by atoms with Gasteiger partial charge in [0.2, 0.25) is 0 Å². The molecule has 1 saturated carbocycles. The zero-order valence-corrected chi connectivity index (χ0v) is 14.0. The molecule has 0 spiro atoms. The van der Waals surface area contributed by atoms with E-state index in [1.807, 2.05) is 13.0 Å². The first-order valence-corrected chi connectivity index (χ1v) is 8.66. The average molecular weight is 321 g/mol. The first-order chi connectivity index (χ1) is 11.3. The fraction of sp³-hybridized carbons (Fsp3) is 0.611. The predicted molar refractivity (Wildman–Crippen MR) is 92.0 cm³/mol. The zero-order chi connectivity index (χ0) is 16.3. The van der Waals surface area contributed by atoms with Crippen molar-refractivity contribution in [3.63, 3.8) is 0 Å². The molecular formula is C18H28FN3O. The van der Waals surface area contributed by atoms with Crippen molar-refractivity contribution in [2.24, 2.45) is 4.99 Å². The van der Waals surface area contributed by atoms with Crippen LogP contribution in [0.15, 0.2) is 29.3 Å². The fourth-order valence-corrected chi connectivity index (χ4v) is 2.72. The van der Waals surface area contributed by atoms with Gasteiger partial charge >= 0.3 is 0 Å². The summed E-state index contributed by atoms with van der Waals surface area (Å²) in [7, 11) is 0. The summed E-state index contributed by atoms with van der Waals surface area (Å²) in [5.74, 6) is 0.508. The summed E-state index contributed by atoms with van der Waals surface area (Å²) >= 11 is 0. The van der Waals surface area contributed by atoms with Gasteiger partial charge in [0.05, 0.1) is 12.6 Å². The van der Waals surface area contributed by atoms with Gasteiger partial charge in [0.1, 0.15) is 5.82 Å². The van der Waals surface area contributed by atoms with Crippen molar-refractivity contribution in [3.05, 3.63) is 35.6 Å². The fourth-order valence-electron chi connectivity index (χ4n) is 2.72. The van der Waals surface area contributed by atoms with Crippen LogP contribution < -0.4 is 10.6 Å². The molecule has 2 rings (SSSR count). The highest BCUT2D eigenvalue weighted by Crippen LogP contribution is 2.20. The molecule has 0 bridgehead atoms. The van der Waals surface area contributed by atoms with Gasteiger partial charge in [-0.25, -0.2) is 9.38 Å². The molecule has 5 heteroatoms. The molecule has 1 aromatic rings. The Morgan fingerprint density at radius 1 is 1.26 bits per heavy atom. The average Bonchev–Trinajstić information content (AvgIpc) is 3.07. The second-order valence-corrected chi connectivity index (χ2v) is 5.84. The lowest BCUT2D eigenvalue weighted by atomic mass is 10.2. The van der Waals surface area contributed by atoms with E-state index in [2.05, 4.69) is 15.6 Å². The third-order valence-electron chi connectivity index (χ3n) is 3.98. The summed E-state index contributed by atoms with van der Waals surface area (Å²) in [6, 6.07) is 6.74. The molecule has 1 fully saturated rings. The molecule has 2 N–H and O–H groups in total. The number of aliphatic imine (C=N–C) groups is 1. The molecule has 0 heterocycles. The Bertz CT molecular complexity index is 487. The van der Waals surface area contributed by atoms with Crippen LogP contribution >= 0.6 is 0 Å². The maximum Gasteiger partial charge on any atom is 0.191 e. The number of halogens is 1. The van der Waals surface area contributed by atoms with Gasteiger partial charge in [-0.1, -0.05) is 31.0 Å². The lowest BCUT2D eigenvalue weighted by Gasteiger charge is -2.13. The number of nitrogens with zero attached hydrogens (tertiary/aromatic N) is 1. The number of guanidine groups is 1. The summed E-state index contributed by atoms with van der Waals surface area (Å²) < 4.78 is 19.4. The van der Waals surface area contributed by atoms with Crippen LogP contribution in [0.1, 0.15) is 44.6 Å². The van der Waals surface area contributed by atoms with Gasteiger partial charge in [-0.3, -0.25) is 0 Å². The van der Waals surface area contributed by atoms with Crippen molar-refractivity contribution in [3.8, 4) is 0 Å². The summed E-state index contributed by atoms with van der Waals surface area (Å²) in [6.07, 6.45) is 6.44. The Morgan fingerprint density at radius 2 is 2.04 bits per heavy atom. The Balaban J connectivity index is 1.70. The summed E-state index contributed by atoms with van der Waals surface area (Å²) in [4.78, 5) is 4.43. The van der Waals surface area contributed by atoms with Crippen LogP contribution in [0.2, 0.25) is 0 Å². The van der Waals surface area contributed by atoms with E-state index in [-0.39, 0.29) is 5.82 Å². The van der Waals surface area contributed by atoms with E-state index < -0.39 is 0 Å². The zero-order valence-electron chi connectivity index (χ0n) is 14.0. The van der Waals surface area contributed by atoms with E-state index in [1.54, 1.807) is 12.1 Å². The maximum absolute atomic E-state index is 13.6. The lowest BCUT2D eigenvalue weighted by Crippen LogP contribution is -2.38. The molecule has 0 radical (unpaired) electrons. The molecule has 4 nitrogen and oxygen atoms in total. The van der Waals surface area contributed by atoms with Crippen molar-refractivity contribution in [2.75, 3.05) is 19.7 Å². The number of nitrogens with one attached hydrogen (secondary N) is 2. The summed E-state index contributed by atoms with van der Waals surface area (Å²) in [5.41, 5.74) is 0.606. The second-order valence-electron chi connectivity index (χ2n) is 5.84. The minimum Gasteiger partial charge on any atom is -0.378 e. The smallest absolute Gasteiger partial charge is 0.191 e. The van der Waals surface area contributed by atoms with Crippen LogP contribution in [-0.4, -0.2) is 31.8 Å². The molecule has 128 valence electrons. The Labute approximate surface area is 138 Å². The number of rotatable bonds is 8. The molecule has 1 aliphatic carbocycles. The van der Waals surface area contributed by atoms with Crippen LogP contribution in [0.3, 0.4) is 0 Å². The molecule has 1 aliphatic rings. The molecule has 0 amide bonds. The molecule has 0 aromatic heterocycles. The van der Waals surface area contributed by atoms with Crippen molar-refractivity contribution < 1.29 is 9.13 Å². The Hall–Kier alpha value is -1.62. The predicted octanol–water partition coefficient (Wildman–Crippen LogP) is 3.23. The van der Waals surface area contributed by atoms with E-state index in [0.29, 0.717) is 18.2 Å². The largest absolute Gasteiger partial charge is 0.378 e. The number of hydrogen-bond donors (Lipinski definition) is 2. The SMILES string of the molecule is CCNC(=NCc1ccccc1F)NCCCOC1CCCC1. The van der Waals surface area contributed by atoms with Crippen LogP contribution in [0, 0.1) is 5.82 Å². The molecule has 0 saturated heterocycles. The van der Waals surface area contributed by atoms with Gasteiger partial charge in [-0.05, 0) is 32.3 Å². The number of benzene rings is 1. The van der Waals surface area contributed by atoms with Crippen molar-refractivity contribution in [1.29, 1.82) is 0 Å². The Kier molecular flexibility index (Phi) is 7.87. The quantitative estimate of drug-likeness (QED) is 0.439. The van der Waals surface area contributed by atoms with Gasteiger partial charge < -0.3 is 15.4 Å². The van der Waals surface area contributed by atoms with Gasteiger partial charge in [0.25, 0.3) is 0 Å². The van der Waals surface area contributed by atoms with Gasteiger partial charge in [-0.2, -0.15) is 0 Å². The van der Waals surface area contributed by atoms with Crippen LogP contribution in [0.4, 0.5) is 4.39 Å². The Morgan fingerprint density at radius 3 is 2.78 bits per heavy atom. The van der Waals surface area contributed by atoms with Gasteiger partial charge in [-0.15, -0.1) is 0 Å². The first kappa shape index (κ1) is 17.7. The highest BCUT2D eigenvalue weighted by atomic mass is 19.1. The van der Waals surface area contributed by atoms with Crippen LogP contribution in [-0.2, 0) is 11.3 Å². The van der Waals surface area contributed by atoms with Gasteiger partial charge in [0.15, 0.2) is 5.96 Å². The summed E-state index contributed by atoms with van der Waals surface area (Å²) in [6.45, 7) is 4.71. The van der Waals surface area contributed by atoms with E-state index in [1.165, 1.54) is 31.7 Å². The van der Waals surface area contributed by atoms with Gasteiger partial charge in [0, 0.05) is 25.3 Å². The molecule has 1 aromatic carbocycles. The molecular weight excluding hydrogens is 293 g/mol. The van der Waals surface area contributed by atoms with Crippen LogP contribution in [0.5, 0.6) is 0 Å².